The van der Waals surface area contributed by atoms with Crippen LogP contribution in [0.2, 0.25) is 0 Å². The number of para-hydroxylation sites is 1. The number of halogens is 1. The molecule has 0 atom stereocenters. The first-order valence-electron chi connectivity index (χ1n) is 8.46. The van der Waals surface area contributed by atoms with Crippen LogP contribution in [0.15, 0.2) is 57.4 Å². The lowest BCUT2D eigenvalue weighted by Gasteiger charge is -2.06. The fourth-order valence-electron chi connectivity index (χ4n) is 3.11. The topological polar surface area (TPSA) is 61.6 Å². The minimum atomic E-state index is -0.504. The second kappa shape index (κ2) is 7.04. The predicted molar refractivity (Wildman–Crippen MR) is 107 cm³/mol. The maximum atomic E-state index is 12.5. The van der Waals surface area contributed by atoms with Crippen molar-refractivity contribution in [3.05, 3.63) is 58.6 Å². The molecule has 0 aliphatic rings. The molecule has 4 rings (SSSR count). The molecule has 0 spiro atoms. The van der Waals surface area contributed by atoms with Gasteiger partial charge in [-0.05, 0) is 25.1 Å². The molecule has 4 aromatic rings. The summed E-state index contributed by atoms with van der Waals surface area (Å²) in [5.41, 5.74) is 3.07. The number of carbonyl (C=O) groups is 1. The van der Waals surface area contributed by atoms with Crippen LogP contribution in [0.3, 0.4) is 0 Å². The van der Waals surface area contributed by atoms with Crippen molar-refractivity contribution < 1.29 is 18.7 Å². The van der Waals surface area contributed by atoms with Gasteiger partial charge in [-0.3, -0.25) is 0 Å². The zero-order valence-corrected chi connectivity index (χ0v) is 16.4. The quantitative estimate of drug-likeness (QED) is 0.398. The van der Waals surface area contributed by atoms with E-state index >= 15 is 0 Å². The van der Waals surface area contributed by atoms with Crippen LogP contribution in [0.25, 0.3) is 33.1 Å². The normalized spacial score (nSPS) is 11.1. The number of esters is 1. The number of furan rings is 1. The second-order valence-corrected chi connectivity index (χ2v) is 6.79. The zero-order valence-electron chi connectivity index (χ0n) is 14.8. The highest BCUT2D eigenvalue weighted by Crippen LogP contribution is 2.41. The third-order valence-electron chi connectivity index (χ3n) is 4.28. The molecule has 2 aromatic carbocycles. The van der Waals surface area contributed by atoms with Crippen molar-refractivity contribution in [2.75, 3.05) is 13.7 Å². The van der Waals surface area contributed by atoms with Crippen molar-refractivity contribution in [2.45, 2.75) is 6.92 Å². The maximum Gasteiger partial charge on any atom is 0.345 e. The van der Waals surface area contributed by atoms with Gasteiger partial charge in [0, 0.05) is 15.4 Å². The number of aromatic nitrogens is 1. The average molecular weight is 426 g/mol. The summed E-state index contributed by atoms with van der Waals surface area (Å²) in [5.74, 6) is -0.355. The Hall–Kier alpha value is -2.86. The van der Waals surface area contributed by atoms with E-state index in [1.165, 1.54) is 7.11 Å². The number of ether oxygens (including phenoxy) is 2. The largest absolute Gasteiger partial charge is 0.465 e. The number of fused-ring (bicyclic) bond motifs is 3. The number of nitrogens with zero attached hydrogens (tertiary/aromatic N) is 1. The fourth-order valence-corrected chi connectivity index (χ4v) is 3.38. The molecule has 0 aliphatic heterocycles. The number of benzene rings is 2. The maximum absolute atomic E-state index is 12.5. The third kappa shape index (κ3) is 2.96. The highest BCUT2D eigenvalue weighted by atomic mass is 79.9. The van der Waals surface area contributed by atoms with E-state index < -0.39 is 5.97 Å². The highest BCUT2D eigenvalue weighted by molar-refractivity contribution is 9.10. The van der Waals surface area contributed by atoms with Crippen LogP contribution in [0.1, 0.15) is 17.3 Å². The molecule has 0 unspecified atom stereocenters. The van der Waals surface area contributed by atoms with Gasteiger partial charge in [-0.25, -0.2) is 9.78 Å². The standard InChI is InChI=1S/C21H16BrNO4/c1-3-26-21-17(20(24)25-2)16-14-6-4-5-7-15(14)23-18(19(16)27-21)12-8-10-13(22)11-9-12/h4-11H,3H2,1-2H3. The van der Waals surface area contributed by atoms with Crippen LogP contribution in [-0.2, 0) is 4.74 Å². The van der Waals surface area contributed by atoms with Crippen molar-refractivity contribution in [1.29, 1.82) is 0 Å². The van der Waals surface area contributed by atoms with Crippen molar-refractivity contribution in [1.82, 2.24) is 4.98 Å². The summed E-state index contributed by atoms with van der Waals surface area (Å²) in [4.78, 5) is 17.3. The molecule has 0 aliphatic carbocycles. The number of hydrogen-bond donors (Lipinski definition) is 0. The smallest absolute Gasteiger partial charge is 0.345 e. The molecular formula is C21H16BrNO4. The Labute approximate surface area is 164 Å². The lowest BCUT2D eigenvalue weighted by atomic mass is 10.0. The molecule has 0 fully saturated rings. The van der Waals surface area contributed by atoms with Crippen LogP contribution in [0, 0.1) is 0 Å². The van der Waals surface area contributed by atoms with E-state index in [1.54, 1.807) is 0 Å². The minimum absolute atomic E-state index is 0.149. The molecule has 2 heterocycles. The van der Waals surface area contributed by atoms with E-state index in [0.717, 1.165) is 20.9 Å². The monoisotopic (exact) mass is 425 g/mol. The fraction of sp³-hybridized carbons (Fsp3) is 0.143. The summed E-state index contributed by atoms with van der Waals surface area (Å²) in [7, 11) is 1.34. The van der Waals surface area contributed by atoms with Gasteiger partial charge >= 0.3 is 11.9 Å². The van der Waals surface area contributed by atoms with Gasteiger partial charge in [0.15, 0.2) is 11.1 Å². The van der Waals surface area contributed by atoms with Crippen molar-refractivity contribution in [3.63, 3.8) is 0 Å². The number of rotatable bonds is 4. The van der Waals surface area contributed by atoms with E-state index in [0.29, 0.717) is 23.3 Å². The van der Waals surface area contributed by atoms with Gasteiger partial charge in [0.1, 0.15) is 5.69 Å². The van der Waals surface area contributed by atoms with Gasteiger partial charge in [-0.15, -0.1) is 0 Å². The van der Waals surface area contributed by atoms with Gasteiger partial charge in [-0.2, -0.15) is 0 Å². The minimum Gasteiger partial charge on any atom is -0.465 e. The van der Waals surface area contributed by atoms with Gasteiger partial charge < -0.3 is 13.9 Å². The van der Waals surface area contributed by atoms with E-state index in [2.05, 4.69) is 15.9 Å². The van der Waals surface area contributed by atoms with Crippen LogP contribution in [-0.4, -0.2) is 24.7 Å². The van der Waals surface area contributed by atoms with Gasteiger partial charge in [0.05, 0.1) is 24.6 Å². The summed E-state index contributed by atoms with van der Waals surface area (Å²) >= 11 is 3.45. The third-order valence-corrected chi connectivity index (χ3v) is 4.81. The highest BCUT2D eigenvalue weighted by Gasteiger charge is 2.27. The molecule has 6 heteroatoms. The first-order chi connectivity index (χ1) is 13.1. The second-order valence-electron chi connectivity index (χ2n) is 5.88. The molecule has 0 radical (unpaired) electrons. The molecule has 0 N–H and O–H groups in total. The predicted octanol–water partition coefficient (Wildman–Crippen LogP) is 5.60. The van der Waals surface area contributed by atoms with Gasteiger partial charge in [-0.1, -0.05) is 46.3 Å². The molecule has 2 aromatic heterocycles. The summed E-state index contributed by atoms with van der Waals surface area (Å²) in [6.45, 7) is 2.20. The molecule has 5 nitrogen and oxygen atoms in total. The molecule has 0 bridgehead atoms. The van der Waals surface area contributed by atoms with E-state index in [1.807, 2.05) is 55.5 Å². The molecular weight excluding hydrogens is 410 g/mol. The number of carbonyl (C=O) groups excluding carboxylic acids is 1. The zero-order chi connectivity index (χ0) is 19.0. The number of hydrogen-bond acceptors (Lipinski definition) is 5. The molecule has 0 amide bonds. The van der Waals surface area contributed by atoms with Crippen LogP contribution >= 0.6 is 15.9 Å². The number of pyridine rings is 1. The van der Waals surface area contributed by atoms with Gasteiger partial charge in [0.2, 0.25) is 0 Å². The van der Waals surface area contributed by atoms with E-state index in [9.17, 15) is 4.79 Å². The number of methoxy groups -OCH3 is 1. The molecule has 27 heavy (non-hydrogen) atoms. The first-order valence-corrected chi connectivity index (χ1v) is 9.25. The van der Waals surface area contributed by atoms with Crippen molar-refractivity contribution in [3.8, 4) is 17.2 Å². The Morgan fingerprint density at radius 2 is 1.89 bits per heavy atom. The van der Waals surface area contributed by atoms with Crippen LogP contribution in [0.4, 0.5) is 0 Å². The Bertz CT molecular complexity index is 1150. The average Bonchev–Trinajstić information content (AvgIpc) is 3.07. The molecule has 136 valence electrons. The summed E-state index contributed by atoms with van der Waals surface area (Å²) in [5, 5.41) is 1.46. The van der Waals surface area contributed by atoms with Crippen LogP contribution < -0.4 is 4.74 Å². The SMILES string of the molecule is CCOc1oc2c(-c3ccc(Br)cc3)nc3ccccc3c2c1C(=O)OC. The summed E-state index contributed by atoms with van der Waals surface area (Å²) < 4.78 is 17.6. The summed E-state index contributed by atoms with van der Waals surface area (Å²) in [6, 6.07) is 15.4. The lowest BCUT2D eigenvalue weighted by molar-refractivity contribution is 0.0595. The van der Waals surface area contributed by atoms with E-state index in [4.69, 9.17) is 18.9 Å². The van der Waals surface area contributed by atoms with Crippen molar-refractivity contribution >= 4 is 43.8 Å². The summed E-state index contributed by atoms with van der Waals surface area (Å²) in [6.07, 6.45) is 0. The Morgan fingerprint density at radius 3 is 2.59 bits per heavy atom. The Balaban J connectivity index is 2.15. The Morgan fingerprint density at radius 1 is 1.15 bits per heavy atom. The van der Waals surface area contributed by atoms with Gasteiger partial charge in [0.25, 0.3) is 0 Å². The first kappa shape index (κ1) is 17.5. The van der Waals surface area contributed by atoms with Crippen molar-refractivity contribution in [2.24, 2.45) is 0 Å². The lowest BCUT2D eigenvalue weighted by Crippen LogP contribution is -2.04. The molecule has 0 saturated carbocycles. The molecule has 0 saturated heterocycles. The Kier molecular flexibility index (Phi) is 4.58. The van der Waals surface area contributed by atoms with E-state index in [-0.39, 0.29) is 11.5 Å². The van der Waals surface area contributed by atoms with Crippen LogP contribution in [0.5, 0.6) is 5.95 Å².